The van der Waals surface area contributed by atoms with Crippen LogP contribution in [0.5, 0.6) is 23.0 Å². The van der Waals surface area contributed by atoms with Gasteiger partial charge in [-0.3, -0.25) is 14.9 Å². The zero-order chi connectivity index (χ0) is 25.4. The van der Waals surface area contributed by atoms with E-state index < -0.39 is 4.75 Å². The number of amides is 2. The van der Waals surface area contributed by atoms with Gasteiger partial charge in [0.15, 0.2) is 0 Å². The summed E-state index contributed by atoms with van der Waals surface area (Å²) in [6, 6.07) is 18.2. The summed E-state index contributed by atoms with van der Waals surface area (Å²) in [4.78, 5) is 28.3. The van der Waals surface area contributed by atoms with Crippen LogP contribution in [0.3, 0.4) is 0 Å². The summed E-state index contributed by atoms with van der Waals surface area (Å²) in [5, 5.41) is 11.7. The van der Waals surface area contributed by atoms with E-state index in [9.17, 15) is 14.7 Å². The molecular formula is C27H25N3O5S. The molecule has 1 aliphatic rings. The van der Waals surface area contributed by atoms with E-state index in [1.165, 1.54) is 0 Å². The first-order chi connectivity index (χ1) is 17.2. The number of phenols is 1. The fraction of sp³-hybridized carbons (Fsp3) is 0.222. The number of phenolic OH excluding ortho intramolecular Hbond substituents is 1. The molecule has 4 aromatic rings. The van der Waals surface area contributed by atoms with E-state index in [0.717, 1.165) is 39.7 Å². The van der Waals surface area contributed by atoms with Crippen molar-refractivity contribution < 1.29 is 24.2 Å². The molecule has 0 spiro atoms. The molecule has 2 N–H and O–H groups in total. The van der Waals surface area contributed by atoms with E-state index in [4.69, 9.17) is 9.47 Å². The van der Waals surface area contributed by atoms with Crippen molar-refractivity contribution in [3.05, 3.63) is 77.6 Å². The van der Waals surface area contributed by atoms with Gasteiger partial charge in [-0.2, -0.15) is 0 Å². The van der Waals surface area contributed by atoms with Crippen LogP contribution in [0.2, 0.25) is 0 Å². The number of nitrogens with one attached hydrogen (secondary N) is 1. The van der Waals surface area contributed by atoms with Gasteiger partial charge in [0.05, 0.1) is 11.0 Å². The Hall–Kier alpha value is -3.98. The number of thioether (sulfide) groups is 1. The van der Waals surface area contributed by atoms with Gasteiger partial charge in [-0.15, -0.1) is 0 Å². The number of imide groups is 1. The number of aromatic nitrogens is 2. The second kappa shape index (κ2) is 9.23. The topological polar surface area (TPSA) is 103 Å². The minimum Gasteiger partial charge on any atom is -0.508 e. The van der Waals surface area contributed by atoms with Crippen LogP contribution in [0.4, 0.5) is 4.79 Å². The van der Waals surface area contributed by atoms with Crippen LogP contribution < -0.4 is 14.8 Å². The molecule has 184 valence electrons. The van der Waals surface area contributed by atoms with Crippen LogP contribution in [0, 0.1) is 6.92 Å². The molecule has 3 aromatic carbocycles. The lowest BCUT2D eigenvalue weighted by Crippen LogP contribution is -2.35. The summed E-state index contributed by atoms with van der Waals surface area (Å²) in [5.74, 6) is 2.74. The summed E-state index contributed by atoms with van der Waals surface area (Å²) in [6.07, 6.45) is 0.453. The number of imidazole rings is 1. The third-order valence-electron chi connectivity index (χ3n) is 6.18. The van der Waals surface area contributed by atoms with E-state index in [-0.39, 0.29) is 23.5 Å². The number of benzene rings is 3. The molecule has 9 heteroatoms. The van der Waals surface area contributed by atoms with Crippen LogP contribution in [0.1, 0.15) is 23.9 Å². The molecule has 1 saturated heterocycles. The molecule has 1 aliphatic heterocycles. The summed E-state index contributed by atoms with van der Waals surface area (Å²) in [7, 11) is 1.93. The molecule has 2 heterocycles. The fourth-order valence-electron chi connectivity index (χ4n) is 4.15. The van der Waals surface area contributed by atoms with Crippen LogP contribution >= 0.6 is 11.8 Å². The molecule has 0 unspecified atom stereocenters. The van der Waals surface area contributed by atoms with Crippen molar-refractivity contribution in [3.8, 4) is 23.0 Å². The second-order valence-corrected chi connectivity index (χ2v) is 10.4. The van der Waals surface area contributed by atoms with Gasteiger partial charge in [0.2, 0.25) is 5.91 Å². The minimum absolute atomic E-state index is 0.201. The van der Waals surface area contributed by atoms with Crippen molar-refractivity contribution in [2.75, 3.05) is 0 Å². The smallest absolute Gasteiger partial charge is 0.286 e. The predicted octanol–water partition coefficient (Wildman–Crippen LogP) is 5.24. The number of carbonyl (C=O) groups excluding carboxylic acids is 2. The molecule has 1 fully saturated rings. The van der Waals surface area contributed by atoms with Crippen LogP contribution in [0.15, 0.2) is 60.7 Å². The lowest BCUT2D eigenvalue weighted by Gasteiger charge is -2.18. The normalized spacial score (nSPS) is 17.4. The SMILES string of the molecule is Cc1cc(O)ccc1Oc1ccc2nc(COc3ccc(C[C@]4(C)SC(=O)NC4=O)cc3)n(C)c2c1. The van der Waals surface area contributed by atoms with Crippen LogP contribution in [0.25, 0.3) is 11.0 Å². The number of rotatable bonds is 7. The maximum Gasteiger partial charge on any atom is 0.286 e. The number of nitrogens with zero attached hydrogens (tertiary/aromatic N) is 2. The van der Waals surface area contributed by atoms with Gasteiger partial charge < -0.3 is 19.1 Å². The lowest BCUT2D eigenvalue weighted by atomic mass is 9.99. The number of aromatic hydroxyl groups is 1. The van der Waals surface area contributed by atoms with Gasteiger partial charge in [-0.05, 0) is 85.6 Å². The quantitative estimate of drug-likeness (QED) is 0.355. The van der Waals surface area contributed by atoms with Crippen molar-refractivity contribution in [2.45, 2.75) is 31.6 Å². The summed E-state index contributed by atoms with van der Waals surface area (Å²) in [5.41, 5.74) is 3.53. The standard InChI is InChI=1S/C27H25N3O5S/c1-16-12-18(31)6-11-23(16)35-20-9-10-21-22(13-20)30(3)24(28-21)15-34-19-7-4-17(5-8-19)14-27(2)25(32)29-26(33)36-27/h4-13,31H,14-15H2,1-3H3,(H,29,32,33)/t27-/m0/s1. The highest BCUT2D eigenvalue weighted by Gasteiger charge is 2.43. The predicted molar refractivity (Wildman–Crippen MR) is 138 cm³/mol. The molecule has 0 saturated carbocycles. The summed E-state index contributed by atoms with van der Waals surface area (Å²) in [6.45, 7) is 3.93. The van der Waals surface area contributed by atoms with Gasteiger partial charge in [0, 0.05) is 13.1 Å². The van der Waals surface area contributed by atoms with Gasteiger partial charge in [-0.25, -0.2) is 4.98 Å². The third-order valence-corrected chi connectivity index (χ3v) is 7.25. The number of ether oxygens (including phenoxy) is 2. The Labute approximate surface area is 212 Å². The maximum atomic E-state index is 12.1. The number of aryl methyl sites for hydroxylation is 2. The van der Waals surface area contributed by atoms with Crippen LogP contribution in [-0.2, 0) is 24.9 Å². The molecule has 1 aromatic heterocycles. The van der Waals surface area contributed by atoms with Crippen molar-refractivity contribution in [2.24, 2.45) is 7.05 Å². The molecule has 1 atom stereocenters. The highest BCUT2D eigenvalue weighted by atomic mass is 32.2. The number of fused-ring (bicyclic) bond motifs is 1. The van der Waals surface area contributed by atoms with Crippen molar-refractivity contribution in [3.63, 3.8) is 0 Å². The number of carbonyl (C=O) groups is 2. The van der Waals surface area contributed by atoms with E-state index in [1.54, 1.807) is 25.1 Å². The molecule has 2 amide bonds. The van der Waals surface area contributed by atoms with Crippen molar-refractivity contribution in [1.82, 2.24) is 14.9 Å². The maximum absolute atomic E-state index is 12.1. The molecule has 0 bridgehead atoms. The Morgan fingerprint density at radius 1 is 1.06 bits per heavy atom. The largest absolute Gasteiger partial charge is 0.508 e. The lowest BCUT2D eigenvalue weighted by molar-refractivity contribution is -0.121. The Kier molecular flexibility index (Phi) is 6.09. The summed E-state index contributed by atoms with van der Waals surface area (Å²) < 4.78 is 13.2. The number of hydrogen-bond donors (Lipinski definition) is 2. The average molecular weight is 504 g/mol. The molecule has 8 nitrogen and oxygen atoms in total. The van der Waals surface area contributed by atoms with Crippen molar-refractivity contribution in [1.29, 1.82) is 0 Å². The molecule has 0 radical (unpaired) electrons. The molecule has 0 aliphatic carbocycles. The van der Waals surface area contributed by atoms with Gasteiger partial charge in [0.1, 0.15) is 40.2 Å². The first-order valence-corrected chi connectivity index (χ1v) is 12.2. The Bertz CT molecular complexity index is 1480. The zero-order valence-corrected chi connectivity index (χ0v) is 20.9. The van der Waals surface area contributed by atoms with E-state index >= 15 is 0 Å². The third kappa shape index (κ3) is 4.74. The van der Waals surface area contributed by atoms with E-state index in [0.29, 0.717) is 23.7 Å². The monoisotopic (exact) mass is 503 g/mol. The van der Waals surface area contributed by atoms with Crippen LogP contribution in [-0.4, -0.2) is 30.6 Å². The zero-order valence-electron chi connectivity index (χ0n) is 20.1. The first-order valence-electron chi connectivity index (χ1n) is 11.4. The average Bonchev–Trinajstić information content (AvgIpc) is 3.28. The fourth-order valence-corrected chi connectivity index (χ4v) is 5.08. The van der Waals surface area contributed by atoms with Gasteiger partial charge in [-0.1, -0.05) is 12.1 Å². The second-order valence-electron chi connectivity index (χ2n) is 8.97. The molecule has 36 heavy (non-hydrogen) atoms. The highest BCUT2D eigenvalue weighted by Crippen LogP contribution is 2.35. The number of hydrogen-bond acceptors (Lipinski definition) is 7. The molecular weight excluding hydrogens is 478 g/mol. The Balaban J connectivity index is 1.26. The van der Waals surface area contributed by atoms with Crippen molar-refractivity contribution >= 4 is 33.9 Å². The van der Waals surface area contributed by atoms with E-state index in [2.05, 4.69) is 10.3 Å². The first kappa shape index (κ1) is 23.7. The van der Waals surface area contributed by atoms with Gasteiger partial charge in [0.25, 0.3) is 5.24 Å². The molecule has 5 rings (SSSR count). The minimum atomic E-state index is -0.796. The highest BCUT2D eigenvalue weighted by molar-refractivity contribution is 8.16. The van der Waals surface area contributed by atoms with E-state index in [1.807, 2.05) is 61.0 Å². The Morgan fingerprint density at radius 2 is 1.81 bits per heavy atom. The van der Waals surface area contributed by atoms with Gasteiger partial charge >= 0.3 is 0 Å². The summed E-state index contributed by atoms with van der Waals surface area (Å²) >= 11 is 1.03. The Morgan fingerprint density at radius 3 is 2.50 bits per heavy atom.